The third-order valence-corrected chi connectivity index (χ3v) is 3.77. The number of hydrogen-bond acceptors (Lipinski definition) is 4. The van der Waals surface area contributed by atoms with Crippen molar-refractivity contribution in [1.29, 1.82) is 0 Å². The quantitative estimate of drug-likeness (QED) is 0.861. The highest BCUT2D eigenvalue weighted by Crippen LogP contribution is 2.23. The first-order valence-electron chi connectivity index (χ1n) is 6.40. The van der Waals surface area contributed by atoms with Crippen LogP contribution >= 0.6 is 0 Å². The van der Waals surface area contributed by atoms with E-state index in [9.17, 15) is 0 Å². The van der Waals surface area contributed by atoms with E-state index in [-0.39, 0.29) is 0 Å². The Morgan fingerprint density at radius 2 is 2.18 bits per heavy atom. The highest BCUT2D eigenvalue weighted by Gasteiger charge is 2.24. The van der Waals surface area contributed by atoms with E-state index in [2.05, 4.69) is 34.2 Å². The predicted octanol–water partition coefficient (Wildman–Crippen LogP) is 1.53. The number of piperidine rings is 1. The second-order valence-electron chi connectivity index (χ2n) is 4.87. The number of hydrogen-bond donors (Lipinski definition) is 1. The molecular weight excluding hydrogens is 212 g/mol. The van der Waals surface area contributed by atoms with E-state index in [0.717, 1.165) is 24.5 Å². The molecule has 2 heterocycles. The lowest BCUT2D eigenvalue weighted by Crippen LogP contribution is -2.45. The second-order valence-corrected chi connectivity index (χ2v) is 4.87. The van der Waals surface area contributed by atoms with Crippen molar-refractivity contribution >= 4 is 0 Å². The van der Waals surface area contributed by atoms with Crippen molar-refractivity contribution in [3.63, 3.8) is 0 Å². The number of nitrogens with zero attached hydrogens (tertiary/aromatic N) is 3. The summed E-state index contributed by atoms with van der Waals surface area (Å²) in [6.07, 6.45) is 6.08. The normalized spacial score (nSPS) is 22.7. The molecule has 1 aromatic rings. The van der Waals surface area contributed by atoms with Crippen molar-refractivity contribution in [2.45, 2.75) is 38.8 Å². The molecule has 2 atom stereocenters. The van der Waals surface area contributed by atoms with Gasteiger partial charge in [-0.3, -0.25) is 14.9 Å². The Hall–Kier alpha value is -1.00. The highest BCUT2D eigenvalue weighted by molar-refractivity contribution is 5.13. The van der Waals surface area contributed by atoms with Crippen LogP contribution < -0.4 is 5.32 Å². The molecule has 94 valence electrons. The first-order chi connectivity index (χ1) is 8.20. The Bertz CT molecular complexity index is 360. The van der Waals surface area contributed by atoms with E-state index in [1.54, 1.807) is 12.4 Å². The van der Waals surface area contributed by atoms with Crippen LogP contribution in [0.25, 0.3) is 0 Å². The number of aryl methyl sites for hydroxylation is 1. The van der Waals surface area contributed by atoms with E-state index >= 15 is 0 Å². The summed E-state index contributed by atoms with van der Waals surface area (Å²) in [6, 6.07) is 0.939. The van der Waals surface area contributed by atoms with Crippen LogP contribution in [0.2, 0.25) is 0 Å². The molecule has 0 radical (unpaired) electrons. The zero-order chi connectivity index (χ0) is 12.3. The van der Waals surface area contributed by atoms with Gasteiger partial charge in [0.05, 0.1) is 17.4 Å². The Balaban J connectivity index is 2.08. The summed E-state index contributed by atoms with van der Waals surface area (Å²) in [5.74, 6) is 0. The molecule has 0 amide bonds. The van der Waals surface area contributed by atoms with Gasteiger partial charge in [0, 0.05) is 25.0 Å². The Kier molecular flexibility index (Phi) is 4.07. The van der Waals surface area contributed by atoms with E-state index in [4.69, 9.17) is 0 Å². The van der Waals surface area contributed by atoms with E-state index < -0.39 is 0 Å². The minimum atomic E-state index is 0.327. The smallest absolute Gasteiger partial charge is 0.0784 e. The summed E-state index contributed by atoms with van der Waals surface area (Å²) in [5.41, 5.74) is 2.14. The van der Waals surface area contributed by atoms with Gasteiger partial charge in [0.1, 0.15) is 0 Å². The zero-order valence-electron chi connectivity index (χ0n) is 11.0. The number of likely N-dealkylation sites (N-methyl/N-ethyl adjacent to an activating group) is 1. The van der Waals surface area contributed by atoms with Crippen molar-refractivity contribution < 1.29 is 0 Å². The highest BCUT2D eigenvalue weighted by atomic mass is 15.2. The Labute approximate surface area is 103 Å². The summed E-state index contributed by atoms with van der Waals surface area (Å²) in [6.45, 7) is 6.49. The van der Waals surface area contributed by atoms with Gasteiger partial charge in [0.2, 0.25) is 0 Å². The Morgan fingerprint density at radius 1 is 1.41 bits per heavy atom. The average molecular weight is 234 g/mol. The minimum Gasteiger partial charge on any atom is -0.315 e. The van der Waals surface area contributed by atoms with Crippen LogP contribution in [0.3, 0.4) is 0 Å². The number of rotatable bonds is 3. The molecule has 0 saturated carbocycles. The third-order valence-electron chi connectivity index (χ3n) is 3.77. The lowest BCUT2D eigenvalue weighted by Gasteiger charge is -2.35. The van der Waals surface area contributed by atoms with Crippen LogP contribution in [0.15, 0.2) is 12.4 Å². The lowest BCUT2D eigenvalue weighted by molar-refractivity contribution is 0.153. The van der Waals surface area contributed by atoms with Gasteiger partial charge < -0.3 is 5.32 Å². The van der Waals surface area contributed by atoms with E-state index in [1.807, 2.05) is 6.92 Å². The number of aromatic nitrogens is 2. The molecule has 4 nitrogen and oxygen atoms in total. The fourth-order valence-corrected chi connectivity index (χ4v) is 2.52. The molecule has 1 saturated heterocycles. The van der Waals surface area contributed by atoms with Crippen molar-refractivity contribution in [3.05, 3.63) is 23.8 Å². The van der Waals surface area contributed by atoms with Gasteiger partial charge in [-0.15, -0.1) is 0 Å². The van der Waals surface area contributed by atoms with E-state index in [0.29, 0.717) is 12.1 Å². The van der Waals surface area contributed by atoms with Crippen LogP contribution in [0.5, 0.6) is 0 Å². The Morgan fingerprint density at radius 3 is 2.82 bits per heavy atom. The molecule has 1 aliphatic rings. The largest absolute Gasteiger partial charge is 0.315 e. The van der Waals surface area contributed by atoms with Crippen molar-refractivity contribution in [2.24, 2.45) is 0 Å². The summed E-state index contributed by atoms with van der Waals surface area (Å²) in [7, 11) is 2.19. The maximum atomic E-state index is 4.47. The molecule has 1 aliphatic heterocycles. The van der Waals surface area contributed by atoms with Gasteiger partial charge in [0.25, 0.3) is 0 Å². The molecule has 1 fully saturated rings. The molecule has 0 spiro atoms. The first-order valence-corrected chi connectivity index (χ1v) is 6.40. The van der Waals surface area contributed by atoms with Crippen molar-refractivity contribution in [1.82, 2.24) is 20.2 Å². The van der Waals surface area contributed by atoms with Crippen LogP contribution in [-0.2, 0) is 0 Å². The predicted molar refractivity (Wildman–Crippen MR) is 68.8 cm³/mol. The van der Waals surface area contributed by atoms with Crippen molar-refractivity contribution in [2.75, 3.05) is 20.1 Å². The van der Waals surface area contributed by atoms with Gasteiger partial charge in [0.15, 0.2) is 0 Å². The van der Waals surface area contributed by atoms with Gasteiger partial charge >= 0.3 is 0 Å². The average Bonchev–Trinajstić information content (AvgIpc) is 2.39. The summed E-state index contributed by atoms with van der Waals surface area (Å²) < 4.78 is 0. The SMILES string of the molecule is Cc1nccnc1C(C)N(C)C1CCCNC1. The van der Waals surface area contributed by atoms with Crippen LogP contribution in [0, 0.1) is 6.92 Å². The van der Waals surface area contributed by atoms with Gasteiger partial charge in [-0.05, 0) is 40.3 Å². The number of nitrogens with one attached hydrogen (secondary N) is 1. The van der Waals surface area contributed by atoms with Crippen LogP contribution in [-0.4, -0.2) is 41.0 Å². The fourth-order valence-electron chi connectivity index (χ4n) is 2.52. The third kappa shape index (κ3) is 2.82. The monoisotopic (exact) mass is 234 g/mol. The molecule has 1 aromatic heterocycles. The van der Waals surface area contributed by atoms with Gasteiger partial charge in [-0.25, -0.2) is 0 Å². The molecule has 0 bridgehead atoms. The molecule has 4 heteroatoms. The molecule has 17 heavy (non-hydrogen) atoms. The van der Waals surface area contributed by atoms with Crippen LogP contribution in [0.4, 0.5) is 0 Å². The molecule has 0 aliphatic carbocycles. The topological polar surface area (TPSA) is 41.1 Å². The van der Waals surface area contributed by atoms with Gasteiger partial charge in [-0.1, -0.05) is 0 Å². The molecule has 0 aromatic carbocycles. The zero-order valence-corrected chi connectivity index (χ0v) is 11.0. The molecular formula is C13H22N4. The minimum absolute atomic E-state index is 0.327. The summed E-state index contributed by atoms with van der Waals surface area (Å²) in [5, 5.41) is 3.46. The maximum absolute atomic E-state index is 4.47. The second kappa shape index (κ2) is 5.56. The molecule has 2 unspecified atom stereocenters. The van der Waals surface area contributed by atoms with E-state index in [1.165, 1.54) is 12.8 Å². The van der Waals surface area contributed by atoms with Crippen molar-refractivity contribution in [3.8, 4) is 0 Å². The van der Waals surface area contributed by atoms with Gasteiger partial charge in [-0.2, -0.15) is 0 Å². The standard InChI is InChI=1S/C13H22N4/c1-10-13(16-8-7-15-10)11(2)17(3)12-5-4-6-14-9-12/h7-8,11-12,14H,4-6,9H2,1-3H3. The molecule has 1 N–H and O–H groups in total. The maximum Gasteiger partial charge on any atom is 0.0784 e. The fraction of sp³-hybridized carbons (Fsp3) is 0.692. The van der Waals surface area contributed by atoms with Crippen LogP contribution in [0.1, 0.15) is 37.2 Å². The summed E-state index contributed by atoms with van der Waals surface area (Å²) in [4.78, 5) is 11.2. The molecule has 2 rings (SSSR count). The summed E-state index contributed by atoms with van der Waals surface area (Å²) >= 11 is 0. The first kappa shape index (κ1) is 12.5. The lowest BCUT2D eigenvalue weighted by atomic mass is 10.0.